The van der Waals surface area contributed by atoms with Crippen molar-refractivity contribution in [2.24, 2.45) is 0 Å². The number of fused-ring (bicyclic) bond motifs is 1. The molecule has 1 amide bonds. The standard InChI is InChI=1S/C18H9ClF16N2O2S/c1-2-39-6-3-4-7-8(5-6)40-10(36-7)37-9(38)11(20,21)12(22,23)13(24,25)14(26,27)15(28,29)16(30,31)17(32,33)18(19,34)35/h3-5H,2H2,1H3,(H,36,37,38). The van der Waals surface area contributed by atoms with E-state index in [4.69, 9.17) is 4.74 Å². The van der Waals surface area contributed by atoms with Gasteiger partial charge in [-0.05, 0) is 36.7 Å². The highest BCUT2D eigenvalue weighted by molar-refractivity contribution is 7.22. The van der Waals surface area contributed by atoms with E-state index in [-0.39, 0.29) is 33.9 Å². The lowest BCUT2D eigenvalue weighted by molar-refractivity contribution is -0.445. The van der Waals surface area contributed by atoms with Gasteiger partial charge in [0.1, 0.15) is 5.75 Å². The van der Waals surface area contributed by atoms with E-state index in [1.165, 1.54) is 6.07 Å². The monoisotopic (exact) mass is 656 g/mol. The zero-order valence-electron chi connectivity index (χ0n) is 18.5. The van der Waals surface area contributed by atoms with Crippen molar-refractivity contribution in [1.29, 1.82) is 0 Å². The van der Waals surface area contributed by atoms with Crippen LogP contribution in [-0.2, 0) is 4.79 Å². The average Bonchev–Trinajstić information content (AvgIpc) is 3.19. The number of thiazole rings is 1. The molecule has 0 radical (unpaired) electrons. The third-order valence-electron chi connectivity index (χ3n) is 4.90. The Morgan fingerprint density at radius 2 is 1.25 bits per heavy atom. The Morgan fingerprint density at radius 3 is 1.70 bits per heavy atom. The molecule has 1 aromatic heterocycles. The van der Waals surface area contributed by atoms with Crippen LogP contribution in [0.15, 0.2) is 18.2 Å². The molecule has 0 saturated carbocycles. The van der Waals surface area contributed by atoms with Crippen LogP contribution in [0, 0.1) is 0 Å². The number of hydrogen-bond donors (Lipinski definition) is 1. The van der Waals surface area contributed by atoms with Gasteiger partial charge in [0.25, 0.3) is 0 Å². The summed E-state index contributed by atoms with van der Waals surface area (Å²) in [5.41, 5.74) is -0.158. The molecule has 0 aliphatic carbocycles. The van der Waals surface area contributed by atoms with Gasteiger partial charge in [-0.15, -0.1) is 0 Å². The van der Waals surface area contributed by atoms with Crippen molar-refractivity contribution in [1.82, 2.24) is 4.98 Å². The summed E-state index contributed by atoms with van der Waals surface area (Å²) in [6.45, 7) is 1.66. The highest BCUT2D eigenvalue weighted by Crippen LogP contribution is 2.64. The molecule has 0 unspecified atom stereocenters. The van der Waals surface area contributed by atoms with Crippen molar-refractivity contribution >= 4 is 44.2 Å². The first-order valence-corrected chi connectivity index (χ1v) is 10.9. The molecular formula is C18H9ClF16N2O2S. The first-order chi connectivity index (χ1) is 17.6. The number of nitrogens with zero attached hydrogens (tertiary/aromatic N) is 1. The Hall–Kier alpha value is -2.45. The van der Waals surface area contributed by atoms with Gasteiger partial charge in [-0.2, -0.15) is 70.2 Å². The smallest absolute Gasteiger partial charge is 0.393 e. The molecule has 0 aliphatic heterocycles. The summed E-state index contributed by atoms with van der Waals surface area (Å²) in [6, 6.07) is 3.52. The lowest BCUT2D eigenvalue weighted by Gasteiger charge is -2.42. The number of benzene rings is 1. The molecule has 22 heteroatoms. The minimum absolute atomic E-state index is 0.0212. The van der Waals surface area contributed by atoms with E-state index < -0.39 is 57.9 Å². The van der Waals surface area contributed by atoms with Gasteiger partial charge in [0.05, 0.1) is 16.8 Å². The Balaban J connectivity index is 2.49. The van der Waals surface area contributed by atoms with Crippen LogP contribution in [0.5, 0.6) is 5.75 Å². The fraction of sp³-hybridized carbons (Fsp3) is 0.556. The second-order valence-electron chi connectivity index (χ2n) is 7.55. The summed E-state index contributed by atoms with van der Waals surface area (Å²) in [5, 5.41) is -7.15. The third-order valence-corrected chi connectivity index (χ3v) is 6.07. The number of hydrogen-bond acceptors (Lipinski definition) is 4. The Bertz CT molecular complexity index is 1260. The number of ether oxygens (including phenoxy) is 1. The maximum atomic E-state index is 14.1. The predicted octanol–water partition coefficient (Wildman–Crippen LogP) is 7.91. The molecule has 40 heavy (non-hydrogen) atoms. The lowest BCUT2D eigenvalue weighted by Crippen LogP contribution is -2.75. The molecule has 2 rings (SSSR count). The molecule has 2 aromatic rings. The highest BCUT2D eigenvalue weighted by atomic mass is 35.5. The van der Waals surface area contributed by atoms with Crippen molar-refractivity contribution in [3.63, 3.8) is 0 Å². The van der Waals surface area contributed by atoms with Crippen molar-refractivity contribution in [3.05, 3.63) is 18.2 Å². The van der Waals surface area contributed by atoms with Crippen LogP contribution < -0.4 is 10.1 Å². The first-order valence-electron chi connectivity index (χ1n) is 9.71. The van der Waals surface area contributed by atoms with E-state index in [1.54, 1.807) is 6.92 Å². The summed E-state index contributed by atoms with van der Waals surface area (Å²) < 4.78 is 222. The van der Waals surface area contributed by atoms with Crippen molar-refractivity contribution in [2.75, 3.05) is 11.9 Å². The number of carbonyl (C=O) groups excluding carboxylic acids is 1. The van der Waals surface area contributed by atoms with Gasteiger partial charge < -0.3 is 4.74 Å². The first kappa shape index (κ1) is 33.8. The van der Waals surface area contributed by atoms with E-state index in [0.29, 0.717) is 0 Å². The van der Waals surface area contributed by atoms with Crippen LogP contribution in [0.2, 0.25) is 0 Å². The zero-order chi connectivity index (χ0) is 31.5. The number of anilines is 1. The van der Waals surface area contributed by atoms with Gasteiger partial charge in [-0.25, -0.2) is 4.98 Å². The Labute approximate surface area is 219 Å². The minimum Gasteiger partial charge on any atom is -0.494 e. The number of nitrogens with one attached hydrogen (secondary N) is 1. The van der Waals surface area contributed by atoms with Gasteiger partial charge in [0.15, 0.2) is 5.13 Å². The molecule has 0 spiro atoms. The van der Waals surface area contributed by atoms with Crippen LogP contribution in [0.3, 0.4) is 0 Å². The van der Waals surface area contributed by atoms with E-state index in [2.05, 4.69) is 16.6 Å². The maximum absolute atomic E-state index is 14.1. The second-order valence-corrected chi connectivity index (χ2v) is 9.06. The van der Waals surface area contributed by atoms with Crippen LogP contribution >= 0.6 is 22.9 Å². The summed E-state index contributed by atoms with van der Waals surface area (Å²) in [6.07, 6.45) is 0. The predicted molar refractivity (Wildman–Crippen MR) is 105 cm³/mol. The van der Waals surface area contributed by atoms with E-state index >= 15 is 0 Å². The second kappa shape index (κ2) is 9.83. The molecule has 0 bridgehead atoms. The summed E-state index contributed by atoms with van der Waals surface area (Å²) in [4.78, 5) is 15.1. The number of halogens is 17. The third kappa shape index (κ3) is 4.75. The zero-order valence-corrected chi connectivity index (χ0v) is 20.1. The van der Waals surface area contributed by atoms with Crippen LogP contribution in [-0.4, -0.2) is 64.3 Å². The molecule has 228 valence electrons. The van der Waals surface area contributed by atoms with Gasteiger partial charge in [0.2, 0.25) is 0 Å². The van der Waals surface area contributed by atoms with E-state index in [9.17, 15) is 75.0 Å². The molecule has 0 atom stereocenters. The SMILES string of the molecule is CCOc1ccc2nc(NC(=O)C(F)(F)C(F)(F)C(F)(F)C(F)(F)C(F)(F)C(F)(F)C(F)(F)C(F)(F)Cl)sc2c1. The summed E-state index contributed by atoms with van der Waals surface area (Å²) >= 11 is 3.65. The Morgan fingerprint density at radius 1 is 0.800 bits per heavy atom. The van der Waals surface area contributed by atoms with E-state index in [0.717, 1.165) is 17.4 Å². The molecule has 0 saturated heterocycles. The molecule has 0 fully saturated rings. The quantitative estimate of drug-likeness (QED) is 0.198. The average molecular weight is 657 g/mol. The topological polar surface area (TPSA) is 51.2 Å². The normalized spacial score (nSPS) is 14.9. The van der Waals surface area contributed by atoms with Crippen molar-refractivity contribution in [3.8, 4) is 5.75 Å². The van der Waals surface area contributed by atoms with Crippen LogP contribution in [0.1, 0.15) is 6.92 Å². The Kier molecular flexibility index (Phi) is 8.30. The van der Waals surface area contributed by atoms with Crippen LogP contribution in [0.25, 0.3) is 10.2 Å². The number of amides is 1. The molecular weight excluding hydrogens is 648 g/mol. The number of rotatable bonds is 11. The van der Waals surface area contributed by atoms with Crippen LogP contribution in [0.4, 0.5) is 75.4 Å². The lowest BCUT2D eigenvalue weighted by atomic mass is 9.89. The van der Waals surface area contributed by atoms with Gasteiger partial charge in [0, 0.05) is 0 Å². The highest BCUT2D eigenvalue weighted by Gasteiger charge is 2.95. The van der Waals surface area contributed by atoms with Gasteiger partial charge in [-0.3, -0.25) is 10.1 Å². The summed E-state index contributed by atoms with van der Waals surface area (Å²) in [7, 11) is 0. The van der Waals surface area contributed by atoms with E-state index in [1.807, 2.05) is 0 Å². The van der Waals surface area contributed by atoms with Crippen molar-refractivity contribution in [2.45, 2.75) is 53.8 Å². The number of carbonyl (C=O) groups is 1. The molecule has 1 heterocycles. The molecule has 4 nitrogen and oxygen atoms in total. The fourth-order valence-corrected chi connectivity index (χ4v) is 3.70. The van der Waals surface area contributed by atoms with Crippen molar-refractivity contribution < 1.29 is 79.8 Å². The van der Waals surface area contributed by atoms with Gasteiger partial charge >= 0.3 is 52.7 Å². The fourth-order valence-electron chi connectivity index (χ4n) is 2.70. The largest absolute Gasteiger partial charge is 0.494 e. The molecule has 1 N–H and O–H groups in total. The maximum Gasteiger partial charge on any atom is 0.393 e. The van der Waals surface area contributed by atoms with Gasteiger partial charge in [-0.1, -0.05) is 11.3 Å². The minimum atomic E-state index is -8.66. The number of alkyl halides is 17. The number of aromatic nitrogens is 1. The molecule has 0 aliphatic rings. The summed E-state index contributed by atoms with van der Waals surface area (Å²) in [5.74, 6) is -60.7. The molecule has 1 aromatic carbocycles.